The van der Waals surface area contributed by atoms with Crippen molar-refractivity contribution in [1.29, 1.82) is 0 Å². The fraction of sp³-hybridized carbons (Fsp3) is 0.308. The summed E-state index contributed by atoms with van der Waals surface area (Å²) in [5, 5.41) is 11.5. The van der Waals surface area contributed by atoms with Crippen LogP contribution >= 0.6 is 11.8 Å². The van der Waals surface area contributed by atoms with Crippen molar-refractivity contribution in [1.82, 2.24) is 20.6 Å². The minimum Gasteiger partial charge on any atom is -0.496 e. The molecule has 35 heavy (non-hydrogen) atoms. The summed E-state index contributed by atoms with van der Waals surface area (Å²) < 4.78 is 5.63. The van der Waals surface area contributed by atoms with Crippen LogP contribution < -0.4 is 20.7 Å². The van der Waals surface area contributed by atoms with Gasteiger partial charge in [-0.05, 0) is 66.4 Å². The summed E-state index contributed by atoms with van der Waals surface area (Å²) in [5.74, 6) is 1.06. The van der Waals surface area contributed by atoms with Crippen LogP contribution in [0.4, 0.5) is 10.7 Å². The van der Waals surface area contributed by atoms with Gasteiger partial charge < -0.3 is 15.4 Å². The van der Waals surface area contributed by atoms with Crippen molar-refractivity contribution in [3.05, 3.63) is 64.8 Å². The standard InChI is InChI=1S/C26H27N5O3S/c1-34-22-11-6-16-4-2-3-5-20(16)21(22)15-28-17-7-9-18(10-8-17)29-25-27-13-12-19(30-25)14-23-24(32)31-26(33)35-23/h2-6,11-14,17-18,28H,7-10,15H2,1H3,(H,27,29,30)(H,31,32,33)/b23-14+. The van der Waals surface area contributed by atoms with E-state index in [4.69, 9.17) is 4.74 Å². The molecule has 0 unspecified atom stereocenters. The molecule has 1 aromatic heterocycles. The third kappa shape index (κ3) is 5.47. The smallest absolute Gasteiger partial charge is 0.290 e. The van der Waals surface area contributed by atoms with E-state index in [0.717, 1.165) is 49.7 Å². The van der Waals surface area contributed by atoms with Gasteiger partial charge in [-0.2, -0.15) is 0 Å². The molecule has 0 bridgehead atoms. The number of nitrogens with one attached hydrogen (secondary N) is 3. The van der Waals surface area contributed by atoms with Crippen LogP contribution in [0.5, 0.6) is 5.75 Å². The van der Waals surface area contributed by atoms with E-state index in [-0.39, 0.29) is 17.2 Å². The number of ether oxygens (including phenoxy) is 1. The molecule has 2 aromatic carbocycles. The number of amides is 2. The maximum absolute atomic E-state index is 11.8. The molecule has 3 N–H and O–H groups in total. The lowest BCUT2D eigenvalue weighted by Crippen LogP contribution is -2.37. The van der Waals surface area contributed by atoms with Crippen molar-refractivity contribution >= 4 is 45.7 Å². The summed E-state index contributed by atoms with van der Waals surface area (Å²) in [5.41, 5.74) is 1.79. The minimum absolute atomic E-state index is 0.286. The molecule has 2 amide bonds. The van der Waals surface area contributed by atoms with Gasteiger partial charge in [0.05, 0.1) is 17.7 Å². The predicted octanol–water partition coefficient (Wildman–Crippen LogP) is 4.48. The highest BCUT2D eigenvalue weighted by molar-refractivity contribution is 8.18. The Morgan fingerprint density at radius 1 is 1.09 bits per heavy atom. The molecule has 2 heterocycles. The normalized spacial score (nSPS) is 21.3. The van der Waals surface area contributed by atoms with Gasteiger partial charge in [-0.1, -0.05) is 30.3 Å². The Labute approximate surface area is 207 Å². The zero-order valence-corrected chi connectivity index (χ0v) is 20.2. The molecule has 8 nitrogen and oxygen atoms in total. The number of fused-ring (bicyclic) bond motifs is 1. The first-order valence-electron chi connectivity index (χ1n) is 11.7. The van der Waals surface area contributed by atoms with Crippen LogP contribution in [0.3, 0.4) is 0 Å². The average Bonchev–Trinajstić information content (AvgIpc) is 3.19. The minimum atomic E-state index is -0.389. The third-order valence-electron chi connectivity index (χ3n) is 6.44. The van der Waals surface area contributed by atoms with Crippen molar-refractivity contribution in [2.24, 2.45) is 0 Å². The van der Waals surface area contributed by atoms with Gasteiger partial charge in [0.15, 0.2) is 0 Å². The fourth-order valence-corrected chi connectivity index (χ4v) is 5.31. The molecule has 2 aliphatic rings. The lowest BCUT2D eigenvalue weighted by atomic mass is 9.91. The summed E-state index contributed by atoms with van der Waals surface area (Å²) in [6.45, 7) is 0.765. The molecular formula is C26H27N5O3S. The van der Waals surface area contributed by atoms with E-state index in [9.17, 15) is 9.59 Å². The third-order valence-corrected chi connectivity index (χ3v) is 7.25. The highest BCUT2D eigenvalue weighted by Gasteiger charge is 2.25. The first-order chi connectivity index (χ1) is 17.1. The maximum atomic E-state index is 11.8. The van der Waals surface area contributed by atoms with Gasteiger partial charge in [0.1, 0.15) is 5.75 Å². The Morgan fingerprint density at radius 3 is 2.66 bits per heavy atom. The Kier molecular flexibility index (Phi) is 6.96. The fourth-order valence-electron chi connectivity index (χ4n) is 4.64. The summed E-state index contributed by atoms with van der Waals surface area (Å²) in [7, 11) is 1.72. The van der Waals surface area contributed by atoms with Gasteiger partial charge >= 0.3 is 0 Å². The van der Waals surface area contributed by atoms with Crippen molar-refractivity contribution in [2.75, 3.05) is 12.4 Å². The second-order valence-electron chi connectivity index (χ2n) is 8.70. The monoisotopic (exact) mass is 489 g/mol. The Bertz CT molecular complexity index is 1290. The number of rotatable bonds is 7. The van der Waals surface area contributed by atoms with E-state index >= 15 is 0 Å². The maximum Gasteiger partial charge on any atom is 0.290 e. The Hall–Kier alpha value is -3.43. The zero-order valence-electron chi connectivity index (χ0n) is 19.4. The lowest BCUT2D eigenvalue weighted by Gasteiger charge is -2.30. The molecule has 0 atom stereocenters. The molecule has 0 spiro atoms. The van der Waals surface area contributed by atoms with E-state index in [2.05, 4.69) is 56.3 Å². The number of thioether (sulfide) groups is 1. The number of hydrogen-bond donors (Lipinski definition) is 3. The molecule has 5 rings (SSSR count). The van der Waals surface area contributed by atoms with Gasteiger partial charge in [-0.3, -0.25) is 14.9 Å². The quantitative estimate of drug-likeness (QED) is 0.418. The molecule has 1 saturated carbocycles. The highest BCUT2D eigenvalue weighted by atomic mass is 32.2. The van der Waals surface area contributed by atoms with Crippen molar-refractivity contribution in [3.8, 4) is 5.75 Å². The topological polar surface area (TPSA) is 105 Å². The largest absolute Gasteiger partial charge is 0.496 e. The van der Waals surface area contributed by atoms with Crippen LogP contribution in [0.15, 0.2) is 53.6 Å². The van der Waals surface area contributed by atoms with E-state index in [1.807, 2.05) is 6.07 Å². The number of carbonyl (C=O) groups is 2. The van der Waals surface area contributed by atoms with Crippen LogP contribution in [0.1, 0.15) is 36.9 Å². The van der Waals surface area contributed by atoms with Crippen LogP contribution in [-0.4, -0.2) is 40.3 Å². The number of benzene rings is 2. The summed E-state index contributed by atoms with van der Waals surface area (Å²) >= 11 is 0.882. The van der Waals surface area contributed by atoms with Gasteiger partial charge in [0.25, 0.3) is 11.1 Å². The molecule has 9 heteroatoms. The molecule has 3 aromatic rings. The van der Waals surface area contributed by atoms with E-state index in [0.29, 0.717) is 22.6 Å². The summed E-state index contributed by atoms with van der Waals surface area (Å²) in [4.78, 5) is 32.3. The van der Waals surface area contributed by atoms with E-state index in [1.165, 1.54) is 16.3 Å². The molecule has 1 saturated heterocycles. The molecule has 1 aliphatic carbocycles. The van der Waals surface area contributed by atoms with Gasteiger partial charge in [-0.15, -0.1) is 0 Å². The number of carbonyl (C=O) groups excluding carboxylic acids is 2. The molecule has 1 aliphatic heterocycles. The van der Waals surface area contributed by atoms with Crippen LogP contribution in [0, 0.1) is 0 Å². The Balaban J connectivity index is 1.16. The van der Waals surface area contributed by atoms with Crippen LogP contribution in [0.25, 0.3) is 16.8 Å². The number of methoxy groups -OCH3 is 1. The number of aromatic nitrogens is 2. The lowest BCUT2D eigenvalue weighted by molar-refractivity contribution is -0.115. The van der Waals surface area contributed by atoms with Crippen molar-refractivity contribution in [2.45, 2.75) is 44.3 Å². The number of imide groups is 1. The molecule has 0 radical (unpaired) electrons. The SMILES string of the molecule is COc1ccc2ccccc2c1CNC1CCC(Nc2nccc(/C=C3/SC(=O)NC3=O)n2)CC1. The highest BCUT2D eigenvalue weighted by Crippen LogP contribution is 2.29. The predicted molar refractivity (Wildman–Crippen MR) is 138 cm³/mol. The average molecular weight is 490 g/mol. The van der Waals surface area contributed by atoms with Crippen molar-refractivity contribution in [3.63, 3.8) is 0 Å². The molecule has 180 valence electrons. The summed E-state index contributed by atoms with van der Waals surface area (Å²) in [6, 6.07) is 15.0. The van der Waals surface area contributed by atoms with Crippen LogP contribution in [-0.2, 0) is 11.3 Å². The van der Waals surface area contributed by atoms with E-state index in [1.54, 1.807) is 25.4 Å². The number of hydrogen-bond acceptors (Lipinski definition) is 8. The van der Waals surface area contributed by atoms with Crippen LogP contribution in [0.2, 0.25) is 0 Å². The Morgan fingerprint density at radius 2 is 1.89 bits per heavy atom. The van der Waals surface area contributed by atoms with Crippen molar-refractivity contribution < 1.29 is 14.3 Å². The summed E-state index contributed by atoms with van der Waals surface area (Å²) in [6.07, 6.45) is 7.38. The first kappa shape index (κ1) is 23.3. The number of anilines is 1. The molecule has 2 fully saturated rings. The van der Waals surface area contributed by atoms with Gasteiger partial charge in [0, 0.05) is 30.4 Å². The first-order valence-corrected chi connectivity index (χ1v) is 12.5. The zero-order chi connectivity index (χ0) is 24.2. The second kappa shape index (κ2) is 10.5. The van der Waals surface area contributed by atoms with Gasteiger partial charge in [-0.25, -0.2) is 9.97 Å². The number of nitrogens with zero attached hydrogens (tertiary/aromatic N) is 2. The molecular weight excluding hydrogens is 462 g/mol. The second-order valence-corrected chi connectivity index (χ2v) is 9.71. The van der Waals surface area contributed by atoms with Gasteiger partial charge in [0.2, 0.25) is 5.95 Å². The van der Waals surface area contributed by atoms with E-state index < -0.39 is 0 Å².